The number of carboxylic acids is 1. The van der Waals surface area contributed by atoms with Crippen LogP contribution in [-0.2, 0) is 24.1 Å². The zero-order valence-corrected chi connectivity index (χ0v) is 20.6. The predicted molar refractivity (Wildman–Crippen MR) is 135 cm³/mol. The summed E-state index contributed by atoms with van der Waals surface area (Å²) in [6.45, 7) is 5.03. The Kier molecular flexibility index (Phi) is 6.16. The maximum absolute atomic E-state index is 14.3. The Morgan fingerprint density at radius 1 is 1.14 bits per heavy atom. The molecule has 2 heterocycles. The maximum Gasteiger partial charge on any atom is 0.307 e. The van der Waals surface area contributed by atoms with Crippen molar-refractivity contribution in [3.05, 3.63) is 75.6 Å². The number of aliphatic carboxylic acids is 1. The average molecular weight is 490 g/mol. The number of hydrogen-bond acceptors (Lipinski definition) is 4. The van der Waals surface area contributed by atoms with Gasteiger partial charge in [0, 0.05) is 12.2 Å². The Morgan fingerprint density at radius 2 is 1.94 bits per heavy atom. The van der Waals surface area contributed by atoms with Gasteiger partial charge >= 0.3 is 5.97 Å². The van der Waals surface area contributed by atoms with E-state index in [-0.39, 0.29) is 23.6 Å². The molecule has 7 heteroatoms. The highest BCUT2D eigenvalue weighted by Crippen LogP contribution is 2.44. The molecule has 1 N–H and O–H groups in total. The fourth-order valence-electron chi connectivity index (χ4n) is 5.55. The zero-order valence-electron chi connectivity index (χ0n) is 20.6. The molecule has 0 radical (unpaired) electrons. The van der Waals surface area contributed by atoms with Gasteiger partial charge in [-0.15, -0.1) is 0 Å². The zero-order chi connectivity index (χ0) is 25.6. The summed E-state index contributed by atoms with van der Waals surface area (Å²) in [5, 5.41) is 9.71. The van der Waals surface area contributed by atoms with E-state index in [1.807, 2.05) is 25.1 Å². The van der Waals surface area contributed by atoms with Crippen molar-refractivity contribution in [3.8, 4) is 22.6 Å². The van der Waals surface area contributed by atoms with Crippen LogP contribution >= 0.6 is 0 Å². The van der Waals surface area contributed by atoms with E-state index < -0.39 is 11.8 Å². The van der Waals surface area contributed by atoms with Crippen molar-refractivity contribution >= 4 is 17.6 Å². The molecular formula is C29H28FNO5. The van der Waals surface area contributed by atoms with Crippen molar-refractivity contribution < 1.29 is 28.6 Å². The number of rotatable bonds is 5. The first-order chi connectivity index (χ1) is 17.3. The molecule has 1 amide bonds. The van der Waals surface area contributed by atoms with Crippen LogP contribution in [0.3, 0.4) is 0 Å². The van der Waals surface area contributed by atoms with Crippen LogP contribution in [0.5, 0.6) is 11.5 Å². The van der Waals surface area contributed by atoms with Crippen LogP contribution < -0.4 is 14.4 Å². The van der Waals surface area contributed by atoms with Gasteiger partial charge in [-0.3, -0.25) is 9.59 Å². The molecule has 0 aliphatic carbocycles. The molecule has 0 fully saturated rings. The van der Waals surface area contributed by atoms with Gasteiger partial charge in [0.25, 0.3) is 5.91 Å². The molecule has 36 heavy (non-hydrogen) atoms. The summed E-state index contributed by atoms with van der Waals surface area (Å²) in [5.41, 5.74) is 7.41. The lowest BCUT2D eigenvalue weighted by Gasteiger charge is -2.25. The molecule has 5 rings (SSSR count). The van der Waals surface area contributed by atoms with Crippen LogP contribution in [0.4, 0.5) is 10.1 Å². The number of para-hydroxylation sites is 1. The maximum atomic E-state index is 14.3. The summed E-state index contributed by atoms with van der Waals surface area (Å²) in [4.78, 5) is 27.1. The highest BCUT2D eigenvalue weighted by Gasteiger charge is 2.33. The molecule has 3 aromatic carbocycles. The summed E-state index contributed by atoms with van der Waals surface area (Å²) >= 11 is 0. The van der Waals surface area contributed by atoms with E-state index in [4.69, 9.17) is 9.47 Å². The third-order valence-electron chi connectivity index (χ3n) is 7.25. The summed E-state index contributed by atoms with van der Waals surface area (Å²) in [7, 11) is 1.34. The van der Waals surface area contributed by atoms with E-state index in [9.17, 15) is 19.1 Å². The van der Waals surface area contributed by atoms with Gasteiger partial charge < -0.3 is 19.5 Å². The SMILES string of the molecule is COc1c(F)cccc1C(=O)N1CCc2c1cc(C)c(CC(=O)O)c2-c1ccc2c(c1C)CCCO2. The second kappa shape index (κ2) is 9.30. The number of carbonyl (C=O) groups is 2. The van der Waals surface area contributed by atoms with Crippen molar-refractivity contribution in [2.75, 3.05) is 25.2 Å². The van der Waals surface area contributed by atoms with Crippen LogP contribution in [0.2, 0.25) is 0 Å². The number of carboxylic acid groups (broad SMARTS) is 1. The first-order valence-electron chi connectivity index (χ1n) is 12.1. The number of aryl methyl sites for hydroxylation is 1. The van der Waals surface area contributed by atoms with Crippen LogP contribution in [-0.4, -0.2) is 37.2 Å². The lowest BCUT2D eigenvalue weighted by molar-refractivity contribution is -0.136. The molecule has 0 spiro atoms. The van der Waals surface area contributed by atoms with E-state index >= 15 is 0 Å². The molecule has 0 bridgehead atoms. The van der Waals surface area contributed by atoms with Crippen LogP contribution in [0, 0.1) is 19.7 Å². The molecule has 0 atom stereocenters. The number of methoxy groups -OCH3 is 1. The number of benzene rings is 3. The predicted octanol–water partition coefficient (Wildman–Crippen LogP) is 5.27. The molecule has 6 nitrogen and oxygen atoms in total. The molecule has 0 unspecified atom stereocenters. The number of halogens is 1. The number of hydrogen-bond donors (Lipinski definition) is 1. The molecule has 0 saturated carbocycles. The molecule has 0 saturated heterocycles. The molecule has 2 aliphatic rings. The normalized spacial score (nSPS) is 14.2. The fourth-order valence-corrected chi connectivity index (χ4v) is 5.55. The topological polar surface area (TPSA) is 76.1 Å². The Hall–Kier alpha value is -3.87. The van der Waals surface area contributed by atoms with Crippen molar-refractivity contribution in [1.29, 1.82) is 0 Å². The lowest BCUT2D eigenvalue weighted by Crippen LogP contribution is -2.29. The second-order valence-electron chi connectivity index (χ2n) is 9.31. The number of nitrogens with zero attached hydrogens (tertiary/aromatic N) is 1. The smallest absolute Gasteiger partial charge is 0.307 e. The Balaban J connectivity index is 1.69. The average Bonchev–Trinajstić information content (AvgIpc) is 3.27. The molecule has 186 valence electrons. The van der Waals surface area contributed by atoms with E-state index in [1.54, 1.807) is 11.0 Å². The fraction of sp³-hybridized carbons (Fsp3) is 0.310. The van der Waals surface area contributed by atoms with Gasteiger partial charge in [0.2, 0.25) is 0 Å². The number of amides is 1. The van der Waals surface area contributed by atoms with Gasteiger partial charge in [-0.2, -0.15) is 0 Å². The number of fused-ring (bicyclic) bond motifs is 2. The van der Waals surface area contributed by atoms with Crippen molar-refractivity contribution in [2.24, 2.45) is 0 Å². The highest BCUT2D eigenvalue weighted by molar-refractivity contribution is 6.10. The number of ether oxygens (including phenoxy) is 2. The van der Waals surface area contributed by atoms with Gasteiger partial charge in [-0.05, 0) is 96.3 Å². The van der Waals surface area contributed by atoms with Crippen molar-refractivity contribution in [3.63, 3.8) is 0 Å². The lowest BCUT2D eigenvalue weighted by atomic mass is 9.84. The Labute approximate surface area is 209 Å². The third-order valence-corrected chi connectivity index (χ3v) is 7.25. The van der Waals surface area contributed by atoms with Gasteiger partial charge in [-0.25, -0.2) is 4.39 Å². The molecule has 0 aromatic heterocycles. The molecular weight excluding hydrogens is 461 g/mol. The van der Waals surface area contributed by atoms with E-state index in [2.05, 4.69) is 6.92 Å². The first-order valence-corrected chi connectivity index (χ1v) is 12.1. The van der Waals surface area contributed by atoms with Crippen molar-refractivity contribution in [2.45, 2.75) is 39.5 Å². The van der Waals surface area contributed by atoms with Crippen LogP contribution in [0.25, 0.3) is 11.1 Å². The number of anilines is 1. The third kappa shape index (κ3) is 3.88. The summed E-state index contributed by atoms with van der Waals surface area (Å²) in [6, 6.07) is 10.2. The second-order valence-corrected chi connectivity index (χ2v) is 9.31. The summed E-state index contributed by atoms with van der Waals surface area (Å²) < 4.78 is 25.4. The van der Waals surface area contributed by atoms with Crippen LogP contribution in [0.15, 0.2) is 36.4 Å². The minimum Gasteiger partial charge on any atom is -0.493 e. The van der Waals surface area contributed by atoms with Gasteiger partial charge in [0.1, 0.15) is 5.75 Å². The standard InChI is InChI=1S/C29H28FNO5/c1-16-14-24-20(11-12-31(24)29(34)21-6-4-8-23(30)28(21)35-3)27(22(16)15-26(32)33)19-9-10-25-18(17(19)2)7-5-13-36-25/h4,6,8-10,14H,5,7,11-13,15H2,1-3H3,(H,32,33). The van der Waals surface area contributed by atoms with Gasteiger partial charge in [0.15, 0.2) is 11.6 Å². The van der Waals surface area contributed by atoms with Crippen LogP contribution in [0.1, 0.15) is 44.6 Å². The quantitative estimate of drug-likeness (QED) is 0.528. The minimum atomic E-state index is -0.909. The Morgan fingerprint density at radius 3 is 2.69 bits per heavy atom. The summed E-state index contributed by atoms with van der Waals surface area (Å²) in [5.74, 6) is -1.06. The van der Waals surface area contributed by atoms with E-state index in [0.29, 0.717) is 19.6 Å². The van der Waals surface area contributed by atoms with Crippen molar-refractivity contribution in [1.82, 2.24) is 0 Å². The molecule has 2 aliphatic heterocycles. The van der Waals surface area contributed by atoms with E-state index in [0.717, 1.165) is 63.2 Å². The molecule has 3 aromatic rings. The highest BCUT2D eigenvalue weighted by atomic mass is 19.1. The Bertz CT molecular complexity index is 1400. The minimum absolute atomic E-state index is 0.0825. The van der Waals surface area contributed by atoms with Gasteiger partial charge in [-0.1, -0.05) is 12.1 Å². The van der Waals surface area contributed by atoms with E-state index in [1.165, 1.54) is 19.2 Å². The monoisotopic (exact) mass is 489 g/mol. The number of carbonyl (C=O) groups excluding carboxylic acids is 1. The van der Waals surface area contributed by atoms with Gasteiger partial charge in [0.05, 0.1) is 25.7 Å². The summed E-state index contributed by atoms with van der Waals surface area (Å²) in [6.07, 6.45) is 2.28. The first kappa shape index (κ1) is 23.9. The largest absolute Gasteiger partial charge is 0.493 e.